The van der Waals surface area contributed by atoms with Gasteiger partial charge in [0.15, 0.2) is 0 Å². The predicted octanol–water partition coefficient (Wildman–Crippen LogP) is 3.64. The molecule has 0 aliphatic heterocycles. The maximum absolute atomic E-state index is 6.04. The van der Waals surface area contributed by atoms with Crippen LogP contribution >= 0.6 is 0 Å². The second-order valence-electron chi connectivity index (χ2n) is 5.44. The van der Waals surface area contributed by atoms with Crippen molar-refractivity contribution in [2.24, 2.45) is 5.73 Å². The van der Waals surface area contributed by atoms with Crippen LogP contribution in [0.1, 0.15) is 35.6 Å². The standard InChI is InChI=1S/C18H21NO/c19-18-11-8-15-13-16(9-10-17(15)18)20-12-4-7-14-5-2-1-3-6-14/h1-3,5-6,9-10,13,18H,4,7-8,11-12,19H2. The zero-order valence-electron chi connectivity index (χ0n) is 11.7. The Balaban J connectivity index is 1.50. The van der Waals surface area contributed by atoms with Gasteiger partial charge in [-0.25, -0.2) is 0 Å². The zero-order valence-corrected chi connectivity index (χ0v) is 11.7. The van der Waals surface area contributed by atoms with Crippen LogP contribution < -0.4 is 10.5 Å². The van der Waals surface area contributed by atoms with Gasteiger partial charge in [-0.1, -0.05) is 36.4 Å². The topological polar surface area (TPSA) is 35.2 Å². The normalized spacial score (nSPS) is 16.9. The maximum Gasteiger partial charge on any atom is 0.119 e. The Kier molecular flexibility index (Phi) is 4.03. The Morgan fingerprint density at radius 1 is 1.10 bits per heavy atom. The molecule has 2 N–H and O–H groups in total. The largest absolute Gasteiger partial charge is 0.494 e. The Morgan fingerprint density at radius 2 is 1.95 bits per heavy atom. The number of benzene rings is 2. The molecule has 0 fully saturated rings. The van der Waals surface area contributed by atoms with Gasteiger partial charge in [-0.05, 0) is 54.5 Å². The monoisotopic (exact) mass is 267 g/mol. The number of hydrogen-bond donors (Lipinski definition) is 1. The number of nitrogens with two attached hydrogens (primary N) is 1. The first kappa shape index (κ1) is 13.2. The third-order valence-electron chi connectivity index (χ3n) is 3.96. The lowest BCUT2D eigenvalue weighted by Crippen LogP contribution is -2.05. The van der Waals surface area contributed by atoms with Gasteiger partial charge in [0, 0.05) is 6.04 Å². The summed E-state index contributed by atoms with van der Waals surface area (Å²) in [6, 6.07) is 17.1. The third kappa shape index (κ3) is 3.02. The summed E-state index contributed by atoms with van der Waals surface area (Å²) < 4.78 is 5.85. The van der Waals surface area contributed by atoms with E-state index in [0.29, 0.717) is 0 Å². The van der Waals surface area contributed by atoms with Crippen molar-refractivity contribution in [2.45, 2.75) is 31.7 Å². The van der Waals surface area contributed by atoms with Crippen LogP contribution in [0.2, 0.25) is 0 Å². The van der Waals surface area contributed by atoms with Gasteiger partial charge in [0.05, 0.1) is 6.61 Å². The lowest BCUT2D eigenvalue weighted by molar-refractivity contribution is 0.311. The van der Waals surface area contributed by atoms with Gasteiger partial charge in [0.1, 0.15) is 5.75 Å². The zero-order chi connectivity index (χ0) is 13.8. The van der Waals surface area contributed by atoms with Crippen LogP contribution in [0.5, 0.6) is 5.75 Å². The summed E-state index contributed by atoms with van der Waals surface area (Å²) in [5.41, 5.74) is 10.1. The van der Waals surface area contributed by atoms with Gasteiger partial charge in [-0.3, -0.25) is 0 Å². The van der Waals surface area contributed by atoms with E-state index in [9.17, 15) is 0 Å². The molecule has 2 nitrogen and oxygen atoms in total. The Bertz CT molecular complexity index is 565. The van der Waals surface area contributed by atoms with Crippen molar-refractivity contribution in [2.75, 3.05) is 6.61 Å². The fourth-order valence-electron chi connectivity index (χ4n) is 2.83. The highest BCUT2D eigenvalue weighted by atomic mass is 16.5. The number of ether oxygens (including phenoxy) is 1. The second-order valence-corrected chi connectivity index (χ2v) is 5.44. The molecule has 0 aromatic heterocycles. The summed E-state index contributed by atoms with van der Waals surface area (Å²) in [5.74, 6) is 0.978. The molecule has 1 aliphatic carbocycles. The summed E-state index contributed by atoms with van der Waals surface area (Å²) in [7, 11) is 0. The second kappa shape index (κ2) is 6.10. The van der Waals surface area contributed by atoms with Gasteiger partial charge in [-0.2, -0.15) is 0 Å². The van der Waals surface area contributed by atoms with Crippen molar-refractivity contribution in [1.29, 1.82) is 0 Å². The van der Waals surface area contributed by atoms with Crippen molar-refractivity contribution < 1.29 is 4.74 Å². The molecule has 2 aromatic carbocycles. The molecule has 1 aliphatic rings. The van der Waals surface area contributed by atoms with E-state index in [-0.39, 0.29) is 6.04 Å². The molecule has 2 aromatic rings. The van der Waals surface area contributed by atoms with Crippen LogP contribution in [0, 0.1) is 0 Å². The molecule has 104 valence electrons. The van der Waals surface area contributed by atoms with Crippen LogP contribution in [-0.4, -0.2) is 6.61 Å². The van der Waals surface area contributed by atoms with Crippen molar-refractivity contribution in [3.8, 4) is 5.75 Å². The molecule has 20 heavy (non-hydrogen) atoms. The van der Waals surface area contributed by atoms with Crippen molar-refractivity contribution in [3.05, 3.63) is 65.2 Å². The highest BCUT2D eigenvalue weighted by molar-refractivity contribution is 5.40. The van der Waals surface area contributed by atoms with E-state index in [1.807, 2.05) is 6.07 Å². The van der Waals surface area contributed by atoms with Crippen LogP contribution in [-0.2, 0) is 12.8 Å². The first-order chi connectivity index (χ1) is 9.83. The van der Waals surface area contributed by atoms with Crippen LogP contribution in [0.25, 0.3) is 0 Å². The number of aryl methyl sites for hydroxylation is 2. The van der Waals surface area contributed by atoms with E-state index < -0.39 is 0 Å². The summed E-state index contributed by atoms with van der Waals surface area (Å²) >= 11 is 0. The molecule has 0 spiro atoms. The van der Waals surface area contributed by atoms with Crippen molar-refractivity contribution in [1.82, 2.24) is 0 Å². The molecule has 2 heteroatoms. The van der Waals surface area contributed by atoms with Gasteiger partial charge in [0.25, 0.3) is 0 Å². The molecule has 0 heterocycles. The van der Waals surface area contributed by atoms with E-state index >= 15 is 0 Å². The minimum Gasteiger partial charge on any atom is -0.494 e. The van der Waals surface area contributed by atoms with Gasteiger partial charge in [-0.15, -0.1) is 0 Å². The predicted molar refractivity (Wildman–Crippen MR) is 81.9 cm³/mol. The fraction of sp³-hybridized carbons (Fsp3) is 0.333. The van der Waals surface area contributed by atoms with Gasteiger partial charge in [0.2, 0.25) is 0 Å². The van der Waals surface area contributed by atoms with E-state index in [0.717, 1.165) is 38.0 Å². The molecule has 0 radical (unpaired) electrons. The Labute approximate surface area is 120 Å². The minimum absolute atomic E-state index is 0.220. The number of hydrogen-bond acceptors (Lipinski definition) is 2. The minimum atomic E-state index is 0.220. The SMILES string of the molecule is NC1CCc2cc(OCCCc3ccccc3)ccc21. The van der Waals surface area contributed by atoms with Crippen LogP contribution in [0.3, 0.4) is 0 Å². The maximum atomic E-state index is 6.04. The Hall–Kier alpha value is -1.80. The van der Waals surface area contributed by atoms with Crippen LogP contribution in [0.15, 0.2) is 48.5 Å². The average Bonchev–Trinajstić information content (AvgIpc) is 2.86. The van der Waals surface area contributed by atoms with Crippen molar-refractivity contribution in [3.63, 3.8) is 0 Å². The van der Waals surface area contributed by atoms with Crippen molar-refractivity contribution >= 4 is 0 Å². The fourth-order valence-corrected chi connectivity index (χ4v) is 2.83. The highest BCUT2D eigenvalue weighted by Crippen LogP contribution is 2.31. The van der Waals surface area contributed by atoms with E-state index in [2.05, 4.69) is 42.5 Å². The van der Waals surface area contributed by atoms with Crippen LogP contribution in [0.4, 0.5) is 0 Å². The molecule has 0 saturated heterocycles. The lowest BCUT2D eigenvalue weighted by atomic mass is 10.1. The molecular formula is C18H21NO. The summed E-state index contributed by atoms with van der Waals surface area (Å²) in [4.78, 5) is 0. The molecule has 1 unspecified atom stereocenters. The third-order valence-corrected chi connectivity index (χ3v) is 3.96. The summed E-state index contributed by atoms with van der Waals surface area (Å²) in [5, 5.41) is 0. The van der Waals surface area contributed by atoms with Gasteiger partial charge >= 0.3 is 0 Å². The van der Waals surface area contributed by atoms with E-state index in [1.165, 1.54) is 16.7 Å². The van der Waals surface area contributed by atoms with E-state index in [4.69, 9.17) is 10.5 Å². The quantitative estimate of drug-likeness (QED) is 0.839. The van der Waals surface area contributed by atoms with E-state index in [1.54, 1.807) is 0 Å². The lowest BCUT2D eigenvalue weighted by Gasteiger charge is -2.09. The average molecular weight is 267 g/mol. The molecule has 3 rings (SSSR count). The molecule has 1 atom stereocenters. The number of rotatable bonds is 5. The first-order valence-corrected chi connectivity index (χ1v) is 7.38. The summed E-state index contributed by atoms with van der Waals surface area (Å²) in [6.07, 6.45) is 4.25. The van der Waals surface area contributed by atoms with Gasteiger partial charge < -0.3 is 10.5 Å². The molecule has 0 saturated carbocycles. The molecule has 0 amide bonds. The highest BCUT2D eigenvalue weighted by Gasteiger charge is 2.18. The molecule has 0 bridgehead atoms. The Morgan fingerprint density at radius 3 is 2.80 bits per heavy atom. The molecular weight excluding hydrogens is 246 g/mol. The smallest absolute Gasteiger partial charge is 0.119 e. The number of fused-ring (bicyclic) bond motifs is 1. The first-order valence-electron chi connectivity index (χ1n) is 7.38. The summed E-state index contributed by atoms with van der Waals surface area (Å²) in [6.45, 7) is 0.764.